The summed E-state index contributed by atoms with van der Waals surface area (Å²) in [4.78, 5) is 0.235. The highest BCUT2D eigenvalue weighted by atomic mass is 32.2. The molecule has 0 aliphatic heterocycles. The monoisotopic (exact) mass is 268 g/mol. The maximum Gasteiger partial charge on any atom is 0.244 e. The molecule has 2 rings (SSSR count). The summed E-state index contributed by atoms with van der Waals surface area (Å²) in [7, 11) is -1.63. The lowest BCUT2D eigenvalue weighted by atomic mass is 10.4. The van der Waals surface area contributed by atoms with E-state index in [0.717, 1.165) is 5.56 Å². The van der Waals surface area contributed by atoms with Gasteiger partial charge in [-0.3, -0.25) is 5.10 Å². The predicted octanol–water partition coefficient (Wildman–Crippen LogP) is 0.844. The molecule has 0 spiro atoms. The van der Waals surface area contributed by atoms with Crippen molar-refractivity contribution in [3.05, 3.63) is 35.4 Å². The first-order chi connectivity index (χ1) is 8.40. The Kier molecular flexibility index (Phi) is 3.27. The van der Waals surface area contributed by atoms with E-state index >= 15 is 0 Å². The van der Waals surface area contributed by atoms with Crippen molar-refractivity contribution in [2.75, 3.05) is 0 Å². The minimum absolute atomic E-state index is 0.235. The van der Waals surface area contributed by atoms with Gasteiger partial charge in [0.2, 0.25) is 10.0 Å². The van der Waals surface area contributed by atoms with Crippen LogP contribution >= 0.6 is 0 Å². The Bertz CT molecular complexity index is 635. The molecular formula is C11H16N4O2S. The molecule has 0 unspecified atom stereocenters. The molecule has 0 aromatic carbocycles. The minimum Gasteiger partial charge on any atom is -0.357 e. The molecule has 2 aromatic heterocycles. The number of rotatable bonds is 4. The van der Waals surface area contributed by atoms with Crippen LogP contribution in [0.15, 0.2) is 23.4 Å². The van der Waals surface area contributed by atoms with Crippen LogP contribution in [0.1, 0.15) is 17.0 Å². The number of aromatic amines is 1. The standard InChI is InChI=1S/C11H16N4O2S/c1-8-11(9(2)14-13-8)18(16,17)12-6-10-4-5-15(3)7-10/h4-5,7,12H,6H2,1-3H3,(H,13,14). The van der Waals surface area contributed by atoms with Crippen LogP contribution in [0.2, 0.25) is 0 Å². The maximum atomic E-state index is 12.1. The van der Waals surface area contributed by atoms with Crippen molar-refractivity contribution in [3.63, 3.8) is 0 Å². The summed E-state index contributed by atoms with van der Waals surface area (Å²) in [6.07, 6.45) is 3.75. The van der Waals surface area contributed by atoms with Crippen LogP contribution < -0.4 is 4.72 Å². The first kappa shape index (κ1) is 12.8. The van der Waals surface area contributed by atoms with Gasteiger partial charge in [0.25, 0.3) is 0 Å². The van der Waals surface area contributed by atoms with Crippen molar-refractivity contribution in [2.45, 2.75) is 25.3 Å². The van der Waals surface area contributed by atoms with E-state index in [1.807, 2.05) is 30.1 Å². The number of nitrogens with one attached hydrogen (secondary N) is 2. The SMILES string of the molecule is Cc1n[nH]c(C)c1S(=O)(=O)NCc1ccn(C)c1. The van der Waals surface area contributed by atoms with Gasteiger partial charge in [0.05, 0.1) is 11.4 Å². The van der Waals surface area contributed by atoms with Crippen molar-refractivity contribution in [3.8, 4) is 0 Å². The topological polar surface area (TPSA) is 79.8 Å². The van der Waals surface area contributed by atoms with Gasteiger partial charge in [0.1, 0.15) is 4.90 Å². The average Bonchev–Trinajstić information content (AvgIpc) is 2.83. The fraction of sp³-hybridized carbons (Fsp3) is 0.364. The molecule has 0 atom stereocenters. The molecule has 98 valence electrons. The van der Waals surface area contributed by atoms with Crippen LogP contribution in [-0.4, -0.2) is 23.2 Å². The Morgan fingerprint density at radius 2 is 2.17 bits per heavy atom. The summed E-state index contributed by atoms with van der Waals surface area (Å²) in [5, 5.41) is 6.57. The Morgan fingerprint density at radius 3 is 2.67 bits per heavy atom. The lowest BCUT2D eigenvalue weighted by Crippen LogP contribution is -2.24. The van der Waals surface area contributed by atoms with Crippen molar-refractivity contribution >= 4 is 10.0 Å². The number of hydrogen-bond acceptors (Lipinski definition) is 3. The third kappa shape index (κ3) is 2.46. The summed E-state index contributed by atoms with van der Waals surface area (Å²) in [6.45, 7) is 3.63. The molecule has 0 saturated carbocycles. The summed E-state index contributed by atoms with van der Waals surface area (Å²) in [6, 6.07) is 1.87. The van der Waals surface area contributed by atoms with Gasteiger partial charge in [0.15, 0.2) is 0 Å². The zero-order valence-electron chi connectivity index (χ0n) is 10.6. The quantitative estimate of drug-likeness (QED) is 0.862. The third-order valence-corrected chi connectivity index (χ3v) is 4.35. The lowest BCUT2D eigenvalue weighted by molar-refractivity contribution is 0.580. The van der Waals surface area contributed by atoms with Crippen molar-refractivity contribution in [1.29, 1.82) is 0 Å². The fourth-order valence-corrected chi connectivity index (χ4v) is 3.24. The van der Waals surface area contributed by atoms with Gasteiger partial charge in [0, 0.05) is 26.0 Å². The second-order valence-electron chi connectivity index (χ2n) is 4.27. The van der Waals surface area contributed by atoms with Crippen LogP contribution in [0.4, 0.5) is 0 Å². The number of aromatic nitrogens is 3. The maximum absolute atomic E-state index is 12.1. The van der Waals surface area contributed by atoms with E-state index in [1.165, 1.54) is 0 Å². The van der Waals surface area contributed by atoms with Gasteiger partial charge in [-0.15, -0.1) is 0 Å². The summed E-state index contributed by atoms with van der Waals surface area (Å²) in [5.41, 5.74) is 1.95. The van der Waals surface area contributed by atoms with E-state index in [0.29, 0.717) is 11.4 Å². The fourth-order valence-electron chi connectivity index (χ4n) is 1.85. The Hall–Kier alpha value is -1.60. The van der Waals surface area contributed by atoms with E-state index in [4.69, 9.17) is 0 Å². The second-order valence-corrected chi connectivity index (χ2v) is 5.98. The van der Waals surface area contributed by atoms with E-state index < -0.39 is 10.0 Å². The predicted molar refractivity (Wildman–Crippen MR) is 67.5 cm³/mol. The highest BCUT2D eigenvalue weighted by Crippen LogP contribution is 2.16. The number of hydrogen-bond donors (Lipinski definition) is 2. The molecule has 0 fully saturated rings. The largest absolute Gasteiger partial charge is 0.357 e. The van der Waals surface area contributed by atoms with Crippen LogP contribution in [0.3, 0.4) is 0 Å². The number of aryl methyl sites for hydroxylation is 3. The molecule has 0 aliphatic rings. The van der Waals surface area contributed by atoms with Crippen LogP contribution in [-0.2, 0) is 23.6 Å². The number of H-pyrrole nitrogens is 1. The summed E-state index contributed by atoms with van der Waals surface area (Å²) in [5.74, 6) is 0. The zero-order valence-corrected chi connectivity index (χ0v) is 11.4. The van der Waals surface area contributed by atoms with Gasteiger partial charge in [-0.05, 0) is 25.5 Å². The van der Waals surface area contributed by atoms with Crippen LogP contribution in [0, 0.1) is 13.8 Å². The van der Waals surface area contributed by atoms with Crippen LogP contribution in [0.5, 0.6) is 0 Å². The first-order valence-corrected chi connectivity index (χ1v) is 7.00. The first-order valence-electron chi connectivity index (χ1n) is 5.52. The van der Waals surface area contributed by atoms with Gasteiger partial charge < -0.3 is 4.57 Å². The molecule has 0 aliphatic carbocycles. The third-order valence-electron chi connectivity index (χ3n) is 2.69. The highest BCUT2D eigenvalue weighted by molar-refractivity contribution is 7.89. The molecule has 0 radical (unpaired) electrons. The Labute approximate surface area is 106 Å². The molecular weight excluding hydrogens is 252 g/mol. The van der Waals surface area contributed by atoms with Crippen molar-refractivity contribution in [2.24, 2.45) is 7.05 Å². The van der Waals surface area contributed by atoms with E-state index in [9.17, 15) is 8.42 Å². The molecule has 2 aromatic rings. The smallest absolute Gasteiger partial charge is 0.244 e. The molecule has 2 N–H and O–H groups in total. The molecule has 0 saturated heterocycles. The summed E-state index contributed by atoms with van der Waals surface area (Å²) >= 11 is 0. The van der Waals surface area contributed by atoms with E-state index in [-0.39, 0.29) is 11.4 Å². The van der Waals surface area contributed by atoms with Crippen molar-refractivity contribution < 1.29 is 8.42 Å². The Morgan fingerprint density at radius 1 is 1.44 bits per heavy atom. The number of sulfonamides is 1. The second kappa shape index (κ2) is 4.58. The normalized spacial score (nSPS) is 11.9. The van der Waals surface area contributed by atoms with Gasteiger partial charge in [-0.25, -0.2) is 13.1 Å². The van der Waals surface area contributed by atoms with Gasteiger partial charge in [-0.1, -0.05) is 0 Å². The lowest BCUT2D eigenvalue weighted by Gasteiger charge is -2.05. The molecule has 0 amide bonds. The van der Waals surface area contributed by atoms with Gasteiger partial charge >= 0.3 is 0 Å². The summed E-state index contributed by atoms with van der Waals surface area (Å²) < 4.78 is 28.7. The number of nitrogens with zero attached hydrogens (tertiary/aromatic N) is 2. The van der Waals surface area contributed by atoms with E-state index in [2.05, 4.69) is 14.9 Å². The zero-order chi connectivity index (χ0) is 13.3. The molecule has 2 heterocycles. The average molecular weight is 268 g/mol. The van der Waals surface area contributed by atoms with Crippen LogP contribution in [0.25, 0.3) is 0 Å². The molecule has 6 nitrogen and oxygen atoms in total. The molecule has 0 bridgehead atoms. The van der Waals surface area contributed by atoms with Gasteiger partial charge in [-0.2, -0.15) is 5.10 Å². The van der Waals surface area contributed by atoms with E-state index in [1.54, 1.807) is 13.8 Å². The van der Waals surface area contributed by atoms with Crippen molar-refractivity contribution in [1.82, 2.24) is 19.5 Å². The highest BCUT2D eigenvalue weighted by Gasteiger charge is 2.21. The molecule has 7 heteroatoms. The Balaban J connectivity index is 2.18. The molecule has 18 heavy (non-hydrogen) atoms. The minimum atomic E-state index is -3.52.